The molecule has 1 aromatic carbocycles. The van der Waals surface area contributed by atoms with Crippen LogP contribution in [0.2, 0.25) is 0 Å². The number of amides is 2. The molecule has 0 heterocycles. The molecule has 132 valence electrons. The molecule has 24 heavy (non-hydrogen) atoms. The van der Waals surface area contributed by atoms with Crippen LogP contribution in [-0.2, 0) is 9.59 Å². The number of benzene rings is 1. The maximum absolute atomic E-state index is 12.5. The van der Waals surface area contributed by atoms with Crippen molar-refractivity contribution in [1.29, 1.82) is 0 Å². The van der Waals surface area contributed by atoms with E-state index < -0.39 is 24.5 Å². The van der Waals surface area contributed by atoms with Gasteiger partial charge < -0.3 is 20.5 Å². The number of carbonyl (C=O) groups is 2. The van der Waals surface area contributed by atoms with Crippen LogP contribution in [0.1, 0.15) is 19.4 Å². The summed E-state index contributed by atoms with van der Waals surface area (Å²) in [5.41, 5.74) is 5.44. The molecule has 0 saturated carbocycles. The number of hydrogen-bond donors (Lipinski definition) is 2. The summed E-state index contributed by atoms with van der Waals surface area (Å²) in [5.74, 6) is -1.51. The first-order chi connectivity index (χ1) is 11.3. The van der Waals surface area contributed by atoms with Crippen molar-refractivity contribution in [2.45, 2.75) is 26.5 Å². The lowest BCUT2D eigenvalue weighted by molar-refractivity contribution is -0.126. The van der Waals surface area contributed by atoms with E-state index >= 15 is 0 Å². The van der Waals surface area contributed by atoms with Gasteiger partial charge in [-0.15, -0.1) is 0 Å². The predicted molar refractivity (Wildman–Crippen MR) is 84.6 cm³/mol. The standard InChI is InChI=1S/C16H20F2N2O4/c1-9(2)13(15(19)22)20-12(21)8-7-10-5-4-6-11(23-3)14(10)24-16(17)18/h4-9,13,16H,1-3H3,(H2,19,22)(H,20,21)/b8-7+/t13-/m0/s1. The largest absolute Gasteiger partial charge is 0.493 e. The van der Waals surface area contributed by atoms with Crippen LogP contribution in [0, 0.1) is 5.92 Å². The van der Waals surface area contributed by atoms with Gasteiger partial charge >= 0.3 is 6.61 Å². The van der Waals surface area contributed by atoms with Crippen LogP contribution in [0.3, 0.4) is 0 Å². The van der Waals surface area contributed by atoms with Gasteiger partial charge in [0.05, 0.1) is 7.11 Å². The van der Waals surface area contributed by atoms with Crippen LogP contribution in [0.5, 0.6) is 11.5 Å². The van der Waals surface area contributed by atoms with Gasteiger partial charge in [0.2, 0.25) is 11.8 Å². The first-order valence-corrected chi connectivity index (χ1v) is 7.16. The summed E-state index contributed by atoms with van der Waals surface area (Å²) in [6, 6.07) is 3.67. The molecule has 6 nitrogen and oxygen atoms in total. The molecule has 0 aliphatic carbocycles. The van der Waals surface area contributed by atoms with E-state index in [-0.39, 0.29) is 23.0 Å². The van der Waals surface area contributed by atoms with Crippen molar-refractivity contribution < 1.29 is 27.8 Å². The van der Waals surface area contributed by atoms with Crippen LogP contribution < -0.4 is 20.5 Å². The third-order valence-electron chi connectivity index (χ3n) is 3.12. The Morgan fingerprint density at radius 1 is 1.29 bits per heavy atom. The van der Waals surface area contributed by atoms with Crippen LogP contribution >= 0.6 is 0 Å². The van der Waals surface area contributed by atoms with Gasteiger partial charge in [0.15, 0.2) is 11.5 Å². The number of nitrogens with one attached hydrogen (secondary N) is 1. The fourth-order valence-corrected chi connectivity index (χ4v) is 1.97. The third-order valence-corrected chi connectivity index (χ3v) is 3.12. The molecule has 0 radical (unpaired) electrons. The van der Waals surface area contributed by atoms with Gasteiger partial charge in [-0.25, -0.2) is 0 Å². The van der Waals surface area contributed by atoms with Crippen LogP contribution in [-0.4, -0.2) is 31.6 Å². The van der Waals surface area contributed by atoms with Gasteiger partial charge in [0, 0.05) is 11.6 Å². The first-order valence-electron chi connectivity index (χ1n) is 7.16. The minimum absolute atomic E-state index is 0.107. The zero-order valence-electron chi connectivity index (χ0n) is 13.6. The van der Waals surface area contributed by atoms with Crippen molar-refractivity contribution in [2.24, 2.45) is 11.7 Å². The molecular formula is C16H20F2N2O4. The maximum atomic E-state index is 12.5. The number of para-hydroxylation sites is 1. The molecule has 1 aromatic rings. The number of halogens is 2. The van der Waals surface area contributed by atoms with Gasteiger partial charge in [-0.05, 0) is 18.1 Å². The predicted octanol–water partition coefficient (Wildman–Crippen LogP) is 1.94. The monoisotopic (exact) mass is 342 g/mol. The van der Waals surface area contributed by atoms with Gasteiger partial charge in [-0.2, -0.15) is 8.78 Å². The highest BCUT2D eigenvalue weighted by Gasteiger charge is 2.20. The Balaban J connectivity index is 2.97. The Hall–Kier alpha value is -2.64. The summed E-state index contributed by atoms with van der Waals surface area (Å²) in [6.45, 7) is 0.425. The van der Waals surface area contributed by atoms with E-state index in [4.69, 9.17) is 10.5 Å². The van der Waals surface area contributed by atoms with E-state index in [0.29, 0.717) is 0 Å². The molecule has 1 rings (SSSR count). The number of rotatable bonds is 8. The average Bonchev–Trinajstić information content (AvgIpc) is 2.50. The second-order valence-electron chi connectivity index (χ2n) is 5.22. The average molecular weight is 342 g/mol. The molecule has 0 bridgehead atoms. The number of nitrogens with two attached hydrogens (primary N) is 1. The lowest BCUT2D eigenvalue weighted by Crippen LogP contribution is -2.47. The van der Waals surface area contributed by atoms with Crippen molar-refractivity contribution in [3.8, 4) is 11.5 Å². The number of methoxy groups -OCH3 is 1. The Morgan fingerprint density at radius 3 is 2.46 bits per heavy atom. The Bertz CT molecular complexity index is 618. The molecule has 0 spiro atoms. The lowest BCUT2D eigenvalue weighted by Gasteiger charge is -2.17. The van der Waals surface area contributed by atoms with E-state index in [1.54, 1.807) is 19.9 Å². The zero-order valence-corrected chi connectivity index (χ0v) is 13.6. The topological polar surface area (TPSA) is 90.6 Å². The fraction of sp³-hybridized carbons (Fsp3) is 0.375. The molecule has 0 aliphatic rings. The van der Waals surface area contributed by atoms with E-state index in [2.05, 4.69) is 10.1 Å². The Labute approximate surface area is 138 Å². The molecule has 0 unspecified atom stereocenters. The number of carbonyl (C=O) groups excluding carboxylic acids is 2. The molecule has 2 amide bonds. The summed E-state index contributed by atoms with van der Waals surface area (Å²) in [6.07, 6.45) is 2.39. The summed E-state index contributed by atoms with van der Waals surface area (Å²) >= 11 is 0. The summed E-state index contributed by atoms with van der Waals surface area (Å²) in [7, 11) is 1.31. The van der Waals surface area contributed by atoms with E-state index in [0.717, 1.165) is 6.08 Å². The highest BCUT2D eigenvalue weighted by Crippen LogP contribution is 2.33. The normalized spacial score (nSPS) is 12.5. The van der Waals surface area contributed by atoms with Crippen LogP contribution in [0.25, 0.3) is 6.08 Å². The van der Waals surface area contributed by atoms with E-state index in [1.165, 1.54) is 25.3 Å². The quantitative estimate of drug-likeness (QED) is 0.706. The smallest absolute Gasteiger partial charge is 0.387 e. The van der Waals surface area contributed by atoms with Gasteiger partial charge in [-0.1, -0.05) is 26.0 Å². The molecule has 8 heteroatoms. The summed E-state index contributed by atoms with van der Waals surface area (Å²) < 4.78 is 34.5. The lowest BCUT2D eigenvalue weighted by atomic mass is 10.0. The first kappa shape index (κ1) is 19.4. The second-order valence-corrected chi connectivity index (χ2v) is 5.22. The molecule has 0 aromatic heterocycles. The van der Waals surface area contributed by atoms with Crippen molar-refractivity contribution in [1.82, 2.24) is 5.32 Å². The number of ether oxygens (including phenoxy) is 2. The molecule has 0 aliphatic heterocycles. The third kappa shape index (κ3) is 5.53. The van der Waals surface area contributed by atoms with Crippen LogP contribution in [0.4, 0.5) is 8.78 Å². The van der Waals surface area contributed by atoms with E-state index in [1.807, 2.05) is 0 Å². The minimum atomic E-state index is -3.04. The fourth-order valence-electron chi connectivity index (χ4n) is 1.97. The summed E-state index contributed by atoms with van der Waals surface area (Å²) in [5, 5.41) is 2.45. The number of hydrogen-bond acceptors (Lipinski definition) is 4. The van der Waals surface area contributed by atoms with Gasteiger partial charge in [0.1, 0.15) is 6.04 Å². The second kappa shape index (κ2) is 8.85. The Morgan fingerprint density at radius 2 is 1.96 bits per heavy atom. The van der Waals surface area contributed by atoms with Crippen LogP contribution in [0.15, 0.2) is 24.3 Å². The Kier molecular flexibility index (Phi) is 7.16. The molecular weight excluding hydrogens is 322 g/mol. The minimum Gasteiger partial charge on any atom is -0.493 e. The van der Waals surface area contributed by atoms with Crippen molar-refractivity contribution in [2.75, 3.05) is 7.11 Å². The maximum Gasteiger partial charge on any atom is 0.387 e. The zero-order chi connectivity index (χ0) is 18.3. The molecule has 0 saturated heterocycles. The molecule has 1 atom stereocenters. The van der Waals surface area contributed by atoms with Gasteiger partial charge in [0.25, 0.3) is 0 Å². The summed E-state index contributed by atoms with van der Waals surface area (Å²) in [4.78, 5) is 23.2. The SMILES string of the molecule is COc1cccc(/C=C/C(=O)N[C@H](C(N)=O)C(C)C)c1OC(F)F. The number of alkyl halides is 2. The highest BCUT2D eigenvalue weighted by atomic mass is 19.3. The molecule has 3 N–H and O–H groups in total. The van der Waals surface area contributed by atoms with Crippen molar-refractivity contribution >= 4 is 17.9 Å². The highest BCUT2D eigenvalue weighted by molar-refractivity contribution is 5.95. The molecule has 0 fully saturated rings. The van der Waals surface area contributed by atoms with Gasteiger partial charge in [-0.3, -0.25) is 9.59 Å². The van der Waals surface area contributed by atoms with Crippen molar-refractivity contribution in [3.63, 3.8) is 0 Å². The number of primary amides is 1. The van der Waals surface area contributed by atoms with E-state index in [9.17, 15) is 18.4 Å². The van der Waals surface area contributed by atoms with Crippen molar-refractivity contribution in [3.05, 3.63) is 29.8 Å².